The molecule has 0 aliphatic rings. The smallest absolute Gasteiger partial charge is 0.197 e. The molecule has 0 heterocycles. The highest BCUT2D eigenvalue weighted by molar-refractivity contribution is 9.10. The van der Waals surface area contributed by atoms with Crippen molar-refractivity contribution in [2.45, 2.75) is 6.42 Å². The highest BCUT2D eigenvalue weighted by Crippen LogP contribution is 2.30. The van der Waals surface area contributed by atoms with Gasteiger partial charge in [-0.05, 0) is 58.9 Å². The van der Waals surface area contributed by atoms with Gasteiger partial charge in [-0.15, -0.1) is 0 Å². The highest BCUT2D eigenvalue weighted by atomic mass is 79.9. The Bertz CT molecular complexity index is 605. The number of rotatable bonds is 3. The van der Waals surface area contributed by atoms with Crippen LogP contribution in [0.4, 0.5) is 5.69 Å². The molecule has 0 N–H and O–H groups in total. The van der Waals surface area contributed by atoms with Crippen molar-refractivity contribution in [3.63, 3.8) is 0 Å². The Kier molecular flexibility index (Phi) is 5.28. The zero-order valence-electron chi connectivity index (χ0n) is 9.71. The summed E-state index contributed by atoms with van der Waals surface area (Å²) in [6, 6.07) is 13.7. The molecule has 0 atom stereocenters. The van der Waals surface area contributed by atoms with Crippen molar-refractivity contribution < 1.29 is 0 Å². The molecule has 2 rings (SSSR count). The number of halogens is 4. The average molecular weight is 377 g/mol. The van der Waals surface area contributed by atoms with Gasteiger partial charge in [-0.1, -0.05) is 51.8 Å². The van der Waals surface area contributed by atoms with Crippen molar-refractivity contribution in [3.05, 3.63) is 63.1 Å². The minimum absolute atomic E-state index is 0.0531. The van der Waals surface area contributed by atoms with Gasteiger partial charge in [0.2, 0.25) is 0 Å². The molecule has 5 heteroatoms. The van der Waals surface area contributed by atoms with E-state index in [9.17, 15) is 0 Å². The molecule has 0 radical (unpaired) electrons. The van der Waals surface area contributed by atoms with E-state index in [1.54, 1.807) is 6.07 Å². The Balaban J connectivity index is 2.30. The van der Waals surface area contributed by atoms with Gasteiger partial charge in [0.1, 0.15) is 0 Å². The fraction of sp³-hybridized carbons (Fsp3) is 0.0714. The van der Waals surface area contributed by atoms with E-state index in [1.165, 1.54) is 5.56 Å². The zero-order valence-corrected chi connectivity index (χ0v) is 13.6. The highest BCUT2D eigenvalue weighted by Gasteiger charge is 2.07. The van der Waals surface area contributed by atoms with E-state index in [0.29, 0.717) is 10.7 Å². The number of hydrogen-bond acceptors (Lipinski definition) is 1. The molecule has 2 aromatic rings. The van der Waals surface area contributed by atoms with Crippen LogP contribution in [0.5, 0.6) is 0 Å². The Morgan fingerprint density at radius 2 is 1.74 bits per heavy atom. The first-order valence-electron chi connectivity index (χ1n) is 5.48. The molecule has 0 aliphatic heterocycles. The molecule has 0 saturated carbocycles. The molecular formula is C14H9BrCl3N. The SMILES string of the molecule is ClC(Cl)=Nc1cccc(Cc2ccc(Br)cc2)c1Cl. The van der Waals surface area contributed by atoms with Gasteiger partial charge < -0.3 is 0 Å². The van der Waals surface area contributed by atoms with Gasteiger partial charge in [0.15, 0.2) is 4.63 Å². The van der Waals surface area contributed by atoms with Crippen LogP contribution in [-0.4, -0.2) is 4.63 Å². The van der Waals surface area contributed by atoms with Crippen LogP contribution in [0.25, 0.3) is 0 Å². The summed E-state index contributed by atoms with van der Waals surface area (Å²) in [6.45, 7) is 0. The summed E-state index contributed by atoms with van der Waals surface area (Å²) in [6.07, 6.45) is 0.732. The number of aliphatic imine (C=N–C) groups is 1. The number of benzene rings is 2. The Morgan fingerprint density at radius 3 is 2.37 bits per heavy atom. The first kappa shape index (κ1) is 14.9. The monoisotopic (exact) mass is 375 g/mol. The third-order valence-electron chi connectivity index (χ3n) is 2.57. The van der Waals surface area contributed by atoms with Crippen LogP contribution >= 0.6 is 50.7 Å². The third kappa shape index (κ3) is 4.22. The summed E-state index contributed by atoms with van der Waals surface area (Å²) in [5.41, 5.74) is 2.74. The predicted octanol–water partition coefficient (Wildman–Crippen LogP) is 6.16. The Hall–Kier alpha value is -0.540. The van der Waals surface area contributed by atoms with E-state index in [2.05, 4.69) is 20.9 Å². The summed E-state index contributed by atoms with van der Waals surface area (Å²) in [5.74, 6) is 0. The van der Waals surface area contributed by atoms with Crippen LogP contribution in [0.2, 0.25) is 5.02 Å². The van der Waals surface area contributed by atoms with E-state index < -0.39 is 0 Å². The molecule has 1 nitrogen and oxygen atoms in total. The van der Waals surface area contributed by atoms with Gasteiger partial charge in [0.25, 0.3) is 0 Å². The van der Waals surface area contributed by atoms with Crippen molar-refractivity contribution in [1.82, 2.24) is 0 Å². The van der Waals surface area contributed by atoms with Crippen molar-refractivity contribution >= 4 is 61.1 Å². The van der Waals surface area contributed by atoms with Crippen molar-refractivity contribution in [2.24, 2.45) is 4.99 Å². The maximum Gasteiger partial charge on any atom is 0.197 e. The second-order valence-corrected chi connectivity index (χ2v) is 6.11. The first-order chi connectivity index (χ1) is 9.06. The molecule has 0 amide bonds. The van der Waals surface area contributed by atoms with E-state index in [-0.39, 0.29) is 4.63 Å². The van der Waals surface area contributed by atoms with E-state index in [0.717, 1.165) is 16.5 Å². The number of hydrogen-bond donors (Lipinski definition) is 0. The number of nitrogens with zero attached hydrogens (tertiary/aromatic N) is 1. The lowest BCUT2D eigenvalue weighted by Crippen LogP contribution is -1.89. The normalized spacial score (nSPS) is 10.3. The average Bonchev–Trinajstić information content (AvgIpc) is 2.36. The van der Waals surface area contributed by atoms with Crippen LogP contribution in [0.1, 0.15) is 11.1 Å². The Labute approximate surface area is 135 Å². The minimum Gasteiger partial charge on any atom is -0.224 e. The topological polar surface area (TPSA) is 12.4 Å². The first-order valence-corrected chi connectivity index (χ1v) is 7.40. The summed E-state index contributed by atoms with van der Waals surface area (Å²) >= 11 is 20.8. The molecule has 0 bridgehead atoms. The maximum absolute atomic E-state index is 6.30. The molecule has 19 heavy (non-hydrogen) atoms. The van der Waals surface area contributed by atoms with E-state index in [4.69, 9.17) is 34.8 Å². The molecule has 0 aliphatic carbocycles. The summed E-state index contributed by atoms with van der Waals surface area (Å²) in [7, 11) is 0. The largest absolute Gasteiger partial charge is 0.224 e. The second kappa shape index (κ2) is 6.76. The molecule has 0 unspecified atom stereocenters. The lowest BCUT2D eigenvalue weighted by Gasteiger charge is -2.07. The molecule has 0 fully saturated rings. The minimum atomic E-state index is -0.0531. The maximum atomic E-state index is 6.30. The molecule has 0 spiro atoms. The van der Waals surface area contributed by atoms with Crippen LogP contribution in [0, 0.1) is 0 Å². The van der Waals surface area contributed by atoms with Crippen molar-refractivity contribution in [2.75, 3.05) is 0 Å². The van der Waals surface area contributed by atoms with E-state index in [1.807, 2.05) is 36.4 Å². The van der Waals surface area contributed by atoms with Gasteiger partial charge in [-0.3, -0.25) is 0 Å². The van der Waals surface area contributed by atoms with Crippen LogP contribution in [0.3, 0.4) is 0 Å². The van der Waals surface area contributed by atoms with Crippen LogP contribution in [-0.2, 0) is 6.42 Å². The molecular weight excluding hydrogens is 368 g/mol. The summed E-state index contributed by atoms with van der Waals surface area (Å²) < 4.78 is 0.998. The van der Waals surface area contributed by atoms with Gasteiger partial charge in [-0.2, -0.15) is 0 Å². The van der Waals surface area contributed by atoms with Gasteiger partial charge in [0, 0.05) is 4.47 Å². The van der Waals surface area contributed by atoms with Crippen LogP contribution in [0.15, 0.2) is 51.9 Å². The van der Waals surface area contributed by atoms with Gasteiger partial charge >= 0.3 is 0 Å². The molecule has 2 aromatic carbocycles. The van der Waals surface area contributed by atoms with E-state index >= 15 is 0 Å². The Morgan fingerprint density at radius 1 is 1.05 bits per heavy atom. The van der Waals surface area contributed by atoms with Crippen LogP contribution < -0.4 is 0 Å². The zero-order chi connectivity index (χ0) is 13.8. The molecule has 0 saturated heterocycles. The second-order valence-electron chi connectivity index (χ2n) is 3.91. The predicted molar refractivity (Wildman–Crippen MR) is 87.2 cm³/mol. The lowest BCUT2D eigenvalue weighted by atomic mass is 10.0. The fourth-order valence-corrected chi connectivity index (χ4v) is 2.38. The summed E-state index contributed by atoms with van der Waals surface area (Å²) in [4.78, 5) is 3.98. The fourth-order valence-electron chi connectivity index (χ4n) is 1.70. The van der Waals surface area contributed by atoms with Gasteiger partial charge in [-0.25, -0.2) is 4.99 Å². The molecule has 98 valence electrons. The quantitative estimate of drug-likeness (QED) is 0.568. The van der Waals surface area contributed by atoms with Gasteiger partial charge in [0.05, 0.1) is 10.7 Å². The van der Waals surface area contributed by atoms with Crippen molar-refractivity contribution in [3.8, 4) is 0 Å². The lowest BCUT2D eigenvalue weighted by molar-refractivity contribution is 1.19. The van der Waals surface area contributed by atoms with Crippen molar-refractivity contribution in [1.29, 1.82) is 0 Å². The third-order valence-corrected chi connectivity index (χ3v) is 3.71. The molecule has 0 aromatic heterocycles. The standard InChI is InChI=1S/C14H9BrCl3N/c15-11-6-4-9(5-7-11)8-10-2-1-3-12(13(10)16)19-14(17)18/h1-7H,8H2. The summed E-state index contributed by atoms with van der Waals surface area (Å²) in [5, 5.41) is 0.573.